The topological polar surface area (TPSA) is 64.1 Å². The van der Waals surface area contributed by atoms with Crippen LogP contribution in [0.5, 0.6) is 0 Å². The van der Waals surface area contributed by atoms with Gasteiger partial charge in [-0.05, 0) is 0 Å². The molecular formula is C13H17N3O2S2. The summed E-state index contributed by atoms with van der Waals surface area (Å²) in [4.78, 5) is 21.2. The summed E-state index contributed by atoms with van der Waals surface area (Å²) in [6.45, 7) is 1.54. The van der Waals surface area contributed by atoms with E-state index < -0.39 is 0 Å². The third kappa shape index (κ3) is 2.80. The SMILES string of the molecule is COC(=O)c1nc(C2CSCCS2)nc2c1CNCC2. The number of methoxy groups -OCH3 is 1. The summed E-state index contributed by atoms with van der Waals surface area (Å²) in [7, 11) is 1.40. The minimum Gasteiger partial charge on any atom is -0.464 e. The quantitative estimate of drug-likeness (QED) is 0.829. The average molecular weight is 311 g/mol. The molecule has 3 rings (SSSR count). The van der Waals surface area contributed by atoms with Crippen LogP contribution >= 0.6 is 23.5 Å². The van der Waals surface area contributed by atoms with E-state index in [9.17, 15) is 4.79 Å². The van der Waals surface area contributed by atoms with Gasteiger partial charge >= 0.3 is 5.97 Å². The number of carbonyl (C=O) groups excluding carboxylic acids is 1. The lowest BCUT2D eigenvalue weighted by Crippen LogP contribution is -2.29. The fraction of sp³-hybridized carbons (Fsp3) is 0.615. The monoisotopic (exact) mass is 311 g/mol. The number of esters is 1. The zero-order valence-electron chi connectivity index (χ0n) is 11.3. The highest BCUT2D eigenvalue weighted by Gasteiger charge is 2.26. The van der Waals surface area contributed by atoms with E-state index in [1.807, 2.05) is 23.5 Å². The lowest BCUT2D eigenvalue weighted by molar-refractivity contribution is 0.0591. The van der Waals surface area contributed by atoms with Crippen LogP contribution in [0.25, 0.3) is 0 Å². The van der Waals surface area contributed by atoms with Gasteiger partial charge in [-0.1, -0.05) is 0 Å². The number of aromatic nitrogens is 2. The predicted octanol–water partition coefficient (Wildman–Crippen LogP) is 1.43. The molecule has 20 heavy (non-hydrogen) atoms. The Morgan fingerprint density at radius 2 is 2.30 bits per heavy atom. The molecule has 1 unspecified atom stereocenters. The molecule has 7 heteroatoms. The van der Waals surface area contributed by atoms with Crippen molar-refractivity contribution in [3.8, 4) is 0 Å². The Kier molecular flexibility index (Phi) is 4.48. The lowest BCUT2D eigenvalue weighted by atomic mass is 10.0. The molecular weight excluding hydrogens is 294 g/mol. The summed E-state index contributed by atoms with van der Waals surface area (Å²) in [5, 5.41) is 3.55. The Balaban J connectivity index is 2.00. The van der Waals surface area contributed by atoms with Crippen LogP contribution in [0.1, 0.15) is 32.8 Å². The average Bonchev–Trinajstić information content (AvgIpc) is 2.54. The van der Waals surface area contributed by atoms with Crippen LogP contribution in [0, 0.1) is 0 Å². The molecule has 5 nitrogen and oxygen atoms in total. The summed E-state index contributed by atoms with van der Waals surface area (Å²) >= 11 is 3.81. The Labute approximate surface area is 126 Å². The van der Waals surface area contributed by atoms with Gasteiger partial charge in [-0.25, -0.2) is 14.8 Å². The summed E-state index contributed by atoms with van der Waals surface area (Å²) < 4.78 is 4.88. The van der Waals surface area contributed by atoms with Crippen molar-refractivity contribution in [1.29, 1.82) is 0 Å². The van der Waals surface area contributed by atoms with E-state index in [1.54, 1.807) is 0 Å². The number of hydrogen-bond acceptors (Lipinski definition) is 7. The van der Waals surface area contributed by atoms with E-state index >= 15 is 0 Å². The summed E-state index contributed by atoms with van der Waals surface area (Å²) in [5.74, 6) is 3.75. The van der Waals surface area contributed by atoms with E-state index in [-0.39, 0.29) is 11.2 Å². The Morgan fingerprint density at radius 1 is 1.40 bits per heavy atom. The van der Waals surface area contributed by atoms with Crippen LogP contribution in [0.15, 0.2) is 0 Å². The zero-order chi connectivity index (χ0) is 13.9. The minimum atomic E-state index is -0.359. The maximum atomic E-state index is 12.0. The summed E-state index contributed by atoms with van der Waals surface area (Å²) in [5.41, 5.74) is 2.35. The molecule has 1 atom stereocenters. The van der Waals surface area contributed by atoms with Gasteiger partial charge < -0.3 is 10.1 Å². The Bertz CT molecular complexity index is 519. The van der Waals surface area contributed by atoms with Gasteiger partial charge in [-0.3, -0.25) is 0 Å². The number of hydrogen-bond donors (Lipinski definition) is 1. The standard InChI is InChI=1S/C13H17N3O2S2/c1-18-13(17)11-8-6-14-3-2-9(8)15-12(16-11)10-7-19-4-5-20-10/h10,14H,2-7H2,1H3. The molecule has 108 valence electrons. The second kappa shape index (κ2) is 6.32. The van der Waals surface area contributed by atoms with Crippen LogP contribution in [-0.2, 0) is 17.7 Å². The van der Waals surface area contributed by atoms with Crippen molar-refractivity contribution in [3.63, 3.8) is 0 Å². The van der Waals surface area contributed by atoms with E-state index in [1.165, 1.54) is 12.9 Å². The molecule has 0 spiro atoms. The first-order valence-electron chi connectivity index (χ1n) is 6.67. The maximum Gasteiger partial charge on any atom is 0.357 e. The molecule has 0 saturated carbocycles. The maximum absolute atomic E-state index is 12.0. The van der Waals surface area contributed by atoms with Crippen molar-refractivity contribution in [2.75, 3.05) is 30.9 Å². The van der Waals surface area contributed by atoms with Gasteiger partial charge in [0.25, 0.3) is 0 Å². The third-order valence-electron chi connectivity index (χ3n) is 3.43. The Hall–Kier alpha value is -0.790. The number of fused-ring (bicyclic) bond motifs is 1. The van der Waals surface area contributed by atoms with E-state index in [2.05, 4.69) is 10.3 Å². The van der Waals surface area contributed by atoms with Crippen molar-refractivity contribution >= 4 is 29.5 Å². The highest BCUT2D eigenvalue weighted by Crippen LogP contribution is 2.35. The normalized spacial score (nSPS) is 22.1. The summed E-state index contributed by atoms with van der Waals surface area (Å²) in [6.07, 6.45) is 0.847. The van der Waals surface area contributed by atoms with Gasteiger partial charge in [-0.15, -0.1) is 11.8 Å². The predicted molar refractivity (Wildman–Crippen MR) is 81.3 cm³/mol. The van der Waals surface area contributed by atoms with E-state index in [0.29, 0.717) is 12.2 Å². The molecule has 1 aromatic rings. The molecule has 2 aliphatic heterocycles. The molecule has 2 aliphatic rings. The number of thioether (sulfide) groups is 2. The number of rotatable bonds is 2. The molecule has 0 aliphatic carbocycles. The lowest BCUT2D eigenvalue weighted by Gasteiger charge is -2.23. The molecule has 3 heterocycles. The van der Waals surface area contributed by atoms with E-state index in [4.69, 9.17) is 9.72 Å². The van der Waals surface area contributed by atoms with Crippen molar-refractivity contribution in [2.45, 2.75) is 18.2 Å². The molecule has 0 aromatic carbocycles. The van der Waals surface area contributed by atoms with Crippen LogP contribution in [0.2, 0.25) is 0 Å². The van der Waals surface area contributed by atoms with E-state index in [0.717, 1.165) is 41.6 Å². The second-order valence-corrected chi connectivity index (χ2v) is 7.17. The Morgan fingerprint density at radius 3 is 3.05 bits per heavy atom. The molecule has 1 fully saturated rings. The van der Waals surface area contributed by atoms with Crippen LogP contribution < -0.4 is 5.32 Å². The van der Waals surface area contributed by atoms with Crippen LogP contribution in [-0.4, -0.2) is 46.9 Å². The van der Waals surface area contributed by atoms with Gasteiger partial charge in [0.15, 0.2) is 5.69 Å². The van der Waals surface area contributed by atoms with Gasteiger partial charge in [0.2, 0.25) is 0 Å². The van der Waals surface area contributed by atoms with Crippen LogP contribution in [0.3, 0.4) is 0 Å². The highest BCUT2D eigenvalue weighted by molar-refractivity contribution is 8.06. The van der Waals surface area contributed by atoms with Crippen molar-refractivity contribution in [2.24, 2.45) is 0 Å². The first kappa shape index (κ1) is 14.2. The highest BCUT2D eigenvalue weighted by atomic mass is 32.2. The summed E-state index contributed by atoms with van der Waals surface area (Å²) in [6, 6.07) is 0. The van der Waals surface area contributed by atoms with Crippen molar-refractivity contribution in [1.82, 2.24) is 15.3 Å². The third-order valence-corrected chi connectivity index (χ3v) is 6.18. The van der Waals surface area contributed by atoms with Crippen molar-refractivity contribution in [3.05, 3.63) is 22.8 Å². The number of ether oxygens (including phenoxy) is 1. The zero-order valence-corrected chi connectivity index (χ0v) is 13.0. The minimum absolute atomic E-state index is 0.289. The molecule has 0 radical (unpaired) electrons. The number of nitrogens with one attached hydrogen (secondary N) is 1. The second-order valence-electron chi connectivity index (χ2n) is 4.71. The molecule has 0 amide bonds. The smallest absolute Gasteiger partial charge is 0.357 e. The first-order valence-corrected chi connectivity index (χ1v) is 8.88. The molecule has 0 bridgehead atoms. The number of carbonyl (C=O) groups is 1. The van der Waals surface area contributed by atoms with Crippen molar-refractivity contribution < 1.29 is 9.53 Å². The van der Waals surface area contributed by atoms with Gasteiger partial charge in [-0.2, -0.15) is 11.8 Å². The fourth-order valence-electron chi connectivity index (χ4n) is 2.41. The first-order chi connectivity index (χ1) is 9.79. The largest absolute Gasteiger partial charge is 0.464 e. The van der Waals surface area contributed by atoms with Crippen LogP contribution in [0.4, 0.5) is 0 Å². The van der Waals surface area contributed by atoms with Gasteiger partial charge in [0.05, 0.1) is 18.1 Å². The number of nitrogens with zero attached hydrogens (tertiary/aromatic N) is 2. The van der Waals surface area contributed by atoms with Gasteiger partial charge in [0.1, 0.15) is 5.82 Å². The van der Waals surface area contributed by atoms with Gasteiger partial charge in [0, 0.05) is 42.3 Å². The molecule has 1 aromatic heterocycles. The fourth-order valence-corrected chi connectivity index (χ4v) is 5.01. The molecule has 1 N–H and O–H groups in total. The molecule has 1 saturated heterocycles.